The van der Waals surface area contributed by atoms with E-state index in [4.69, 9.17) is 5.73 Å². The number of aromatic nitrogens is 2. The van der Waals surface area contributed by atoms with Gasteiger partial charge >= 0.3 is 0 Å². The minimum absolute atomic E-state index is 0.0859. The molecule has 0 bridgehead atoms. The Balaban J connectivity index is 2.30. The molecule has 0 fully saturated rings. The lowest BCUT2D eigenvalue weighted by Crippen LogP contribution is -2.28. The van der Waals surface area contributed by atoms with Gasteiger partial charge in [-0.1, -0.05) is 12.1 Å². The molecule has 1 aromatic carbocycles. The summed E-state index contributed by atoms with van der Waals surface area (Å²) in [4.78, 5) is 14.0. The fourth-order valence-corrected chi connectivity index (χ4v) is 1.99. The summed E-state index contributed by atoms with van der Waals surface area (Å²) in [6, 6.07) is 9.43. The zero-order chi connectivity index (χ0) is 14.0. The molecule has 1 heterocycles. The van der Waals surface area contributed by atoms with E-state index in [2.05, 4.69) is 5.10 Å². The Hall–Kier alpha value is -2.14. The zero-order valence-corrected chi connectivity index (χ0v) is 11.4. The Morgan fingerprint density at radius 2 is 2.16 bits per heavy atom. The van der Waals surface area contributed by atoms with E-state index in [1.807, 2.05) is 31.2 Å². The number of nitrogens with two attached hydrogens (primary N) is 1. The third-order valence-corrected chi connectivity index (χ3v) is 3.06. The van der Waals surface area contributed by atoms with E-state index < -0.39 is 0 Å². The van der Waals surface area contributed by atoms with Gasteiger partial charge in [-0.2, -0.15) is 5.10 Å². The van der Waals surface area contributed by atoms with Crippen molar-refractivity contribution in [1.29, 1.82) is 0 Å². The summed E-state index contributed by atoms with van der Waals surface area (Å²) in [6.45, 7) is 2.33. The van der Waals surface area contributed by atoms with Crippen LogP contribution in [0.2, 0.25) is 0 Å². The predicted octanol–water partition coefficient (Wildman–Crippen LogP) is 1.46. The Morgan fingerprint density at radius 3 is 2.74 bits per heavy atom. The summed E-state index contributed by atoms with van der Waals surface area (Å²) >= 11 is 0. The van der Waals surface area contributed by atoms with Gasteiger partial charge in [0.1, 0.15) is 5.69 Å². The molecule has 0 unspecified atom stereocenters. The molecule has 5 nitrogen and oxygen atoms in total. The first-order valence-electron chi connectivity index (χ1n) is 6.10. The van der Waals surface area contributed by atoms with Crippen LogP contribution in [0.4, 0.5) is 5.69 Å². The van der Waals surface area contributed by atoms with E-state index in [1.165, 1.54) is 0 Å². The predicted molar refractivity (Wildman–Crippen MR) is 75.0 cm³/mol. The molecule has 2 aromatic rings. The van der Waals surface area contributed by atoms with E-state index in [9.17, 15) is 4.79 Å². The van der Waals surface area contributed by atoms with Crippen LogP contribution in [0.3, 0.4) is 0 Å². The minimum Gasteiger partial charge on any atom is -0.326 e. The van der Waals surface area contributed by atoms with Crippen molar-refractivity contribution >= 4 is 11.6 Å². The van der Waals surface area contributed by atoms with Crippen LogP contribution in [0.15, 0.2) is 30.3 Å². The molecule has 19 heavy (non-hydrogen) atoms. The normalized spacial score (nSPS) is 10.5. The number of carbonyl (C=O) groups excluding carboxylic acids is 1. The van der Waals surface area contributed by atoms with E-state index in [0.717, 1.165) is 16.9 Å². The van der Waals surface area contributed by atoms with Crippen LogP contribution in [0, 0.1) is 6.92 Å². The highest BCUT2D eigenvalue weighted by Crippen LogP contribution is 2.17. The molecule has 0 spiro atoms. The summed E-state index contributed by atoms with van der Waals surface area (Å²) in [7, 11) is 3.52. The summed E-state index contributed by atoms with van der Waals surface area (Å²) < 4.78 is 1.60. The molecule has 0 saturated heterocycles. The van der Waals surface area contributed by atoms with E-state index in [1.54, 1.807) is 29.7 Å². The number of rotatable bonds is 3. The fourth-order valence-electron chi connectivity index (χ4n) is 1.99. The number of hydrogen-bond donors (Lipinski definition) is 1. The van der Waals surface area contributed by atoms with Crippen molar-refractivity contribution in [3.63, 3.8) is 0 Å². The molecular formula is C14H18N4O. The van der Waals surface area contributed by atoms with Gasteiger partial charge in [-0.15, -0.1) is 0 Å². The molecule has 1 amide bonds. The highest BCUT2D eigenvalue weighted by atomic mass is 16.2. The molecule has 0 aliphatic heterocycles. The summed E-state index contributed by atoms with van der Waals surface area (Å²) in [5.41, 5.74) is 8.84. The van der Waals surface area contributed by atoms with Crippen molar-refractivity contribution in [2.45, 2.75) is 13.5 Å². The summed E-state index contributed by atoms with van der Waals surface area (Å²) in [5, 5.41) is 4.19. The van der Waals surface area contributed by atoms with Crippen molar-refractivity contribution in [2.24, 2.45) is 12.8 Å². The van der Waals surface area contributed by atoms with Crippen LogP contribution in [0.5, 0.6) is 0 Å². The van der Waals surface area contributed by atoms with Crippen molar-refractivity contribution in [3.8, 4) is 0 Å². The fraction of sp³-hybridized carbons (Fsp3) is 0.286. The Morgan fingerprint density at radius 1 is 1.42 bits per heavy atom. The molecule has 0 radical (unpaired) electrons. The van der Waals surface area contributed by atoms with Crippen LogP contribution < -0.4 is 10.6 Å². The molecule has 0 aliphatic rings. The average Bonchev–Trinajstić information content (AvgIpc) is 2.76. The minimum atomic E-state index is -0.0859. The first kappa shape index (κ1) is 13.3. The number of aryl methyl sites for hydroxylation is 2. The first-order chi connectivity index (χ1) is 9.02. The summed E-state index contributed by atoms with van der Waals surface area (Å²) in [5.74, 6) is -0.0859. The quantitative estimate of drug-likeness (QED) is 0.906. The smallest absolute Gasteiger partial charge is 0.276 e. The number of benzene rings is 1. The second-order valence-corrected chi connectivity index (χ2v) is 4.53. The Labute approximate surface area is 112 Å². The van der Waals surface area contributed by atoms with Crippen LogP contribution in [-0.4, -0.2) is 22.7 Å². The number of amides is 1. The molecule has 1 aromatic heterocycles. The maximum absolute atomic E-state index is 12.4. The monoisotopic (exact) mass is 258 g/mol. The van der Waals surface area contributed by atoms with Gasteiger partial charge in [0.25, 0.3) is 5.91 Å². The average molecular weight is 258 g/mol. The highest BCUT2D eigenvalue weighted by Gasteiger charge is 2.17. The zero-order valence-electron chi connectivity index (χ0n) is 11.4. The van der Waals surface area contributed by atoms with E-state index in [-0.39, 0.29) is 5.91 Å². The maximum Gasteiger partial charge on any atom is 0.276 e. The van der Waals surface area contributed by atoms with Gasteiger partial charge in [0.15, 0.2) is 0 Å². The molecule has 5 heteroatoms. The Kier molecular flexibility index (Phi) is 3.66. The standard InChI is InChI=1S/C14H18N4O/c1-10-7-13(18(3)16-10)14(19)17(2)12-6-4-5-11(8-12)9-15/h4-8H,9,15H2,1-3H3. The number of nitrogens with zero attached hydrogens (tertiary/aromatic N) is 3. The topological polar surface area (TPSA) is 64.2 Å². The van der Waals surface area contributed by atoms with Crippen molar-refractivity contribution < 1.29 is 4.79 Å². The summed E-state index contributed by atoms with van der Waals surface area (Å²) in [6.07, 6.45) is 0. The molecule has 2 rings (SSSR count). The molecule has 0 saturated carbocycles. The lowest BCUT2D eigenvalue weighted by atomic mass is 10.2. The van der Waals surface area contributed by atoms with Crippen LogP contribution >= 0.6 is 0 Å². The molecular weight excluding hydrogens is 240 g/mol. The third-order valence-electron chi connectivity index (χ3n) is 3.06. The number of hydrogen-bond acceptors (Lipinski definition) is 3. The second-order valence-electron chi connectivity index (χ2n) is 4.53. The molecule has 2 N–H and O–H groups in total. The largest absolute Gasteiger partial charge is 0.326 e. The molecule has 100 valence electrons. The molecule has 0 aliphatic carbocycles. The maximum atomic E-state index is 12.4. The van der Waals surface area contributed by atoms with E-state index >= 15 is 0 Å². The lowest BCUT2D eigenvalue weighted by Gasteiger charge is -2.18. The highest BCUT2D eigenvalue weighted by molar-refractivity contribution is 6.04. The van der Waals surface area contributed by atoms with Gasteiger partial charge < -0.3 is 10.6 Å². The SMILES string of the molecule is Cc1cc(C(=O)N(C)c2cccc(CN)c2)n(C)n1. The van der Waals surface area contributed by atoms with Crippen molar-refractivity contribution in [2.75, 3.05) is 11.9 Å². The van der Waals surface area contributed by atoms with Gasteiger partial charge in [-0.3, -0.25) is 9.48 Å². The Bertz CT molecular complexity index is 603. The number of carbonyl (C=O) groups is 1. The lowest BCUT2D eigenvalue weighted by molar-refractivity contribution is 0.0984. The first-order valence-corrected chi connectivity index (χ1v) is 6.10. The van der Waals surface area contributed by atoms with Gasteiger partial charge in [0.05, 0.1) is 5.69 Å². The van der Waals surface area contributed by atoms with Crippen molar-refractivity contribution in [3.05, 3.63) is 47.3 Å². The van der Waals surface area contributed by atoms with Gasteiger partial charge in [-0.05, 0) is 30.7 Å². The number of anilines is 1. The molecule has 0 atom stereocenters. The van der Waals surface area contributed by atoms with Crippen LogP contribution in [0.1, 0.15) is 21.7 Å². The van der Waals surface area contributed by atoms with Gasteiger partial charge in [0.2, 0.25) is 0 Å². The second kappa shape index (κ2) is 5.24. The van der Waals surface area contributed by atoms with E-state index in [0.29, 0.717) is 12.2 Å². The van der Waals surface area contributed by atoms with Crippen LogP contribution in [0.25, 0.3) is 0 Å². The van der Waals surface area contributed by atoms with Crippen LogP contribution in [-0.2, 0) is 13.6 Å². The third kappa shape index (κ3) is 2.66. The van der Waals surface area contributed by atoms with Gasteiger partial charge in [-0.25, -0.2) is 0 Å². The van der Waals surface area contributed by atoms with Crippen molar-refractivity contribution in [1.82, 2.24) is 9.78 Å². The van der Waals surface area contributed by atoms with Gasteiger partial charge in [0, 0.05) is 26.3 Å².